The van der Waals surface area contributed by atoms with E-state index in [-0.39, 0.29) is 12.1 Å². The highest BCUT2D eigenvalue weighted by molar-refractivity contribution is 5.93. The molecule has 10 heteroatoms. The van der Waals surface area contributed by atoms with Gasteiger partial charge in [0.25, 0.3) is 0 Å². The monoisotopic (exact) mass is 543 g/mol. The fourth-order valence-corrected chi connectivity index (χ4v) is 4.78. The van der Waals surface area contributed by atoms with Gasteiger partial charge in [0, 0.05) is 43.1 Å². The van der Waals surface area contributed by atoms with Crippen LogP contribution in [-0.2, 0) is 0 Å². The molecule has 2 N–H and O–H groups in total. The maximum absolute atomic E-state index is 12.8. The van der Waals surface area contributed by atoms with Crippen LogP contribution in [0, 0.1) is 6.92 Å². The Morgan fingerprint density at radius 3 is 2.33 bits per heavy atom. The standard InChI is InChI=1S/C30H33N5O5/c1-19-15-20(33-29-22-16-27(38-3)28(39-4)17-24(22)31-18-32-29)9-10-25(19)40-21-11-13-35(14-12-21)30(36)34-23-7-5-6-8-26(23)37-2/h5-10,15-18,21H,11-14H2,1-4H3,(H,34,36)(H,31,32,33). The van der Waals surface area contributed by atoms with Gasteiger partial charge in [-0.3, -0.25) is 0 Å². The zero-order chi connectivity index (χ0) is 28.1. The van der Waals surface area contributed by atoms with Gasteiger partial charge in [0.2, 0.25) is 0 Å². The molecule has 3 aromatic carbocycles. The highest BCUT2D eigenvalue weighted by atomic mass is 16.5. The van der Waals surface area contributed by atoms with Crippen molar-refractivity contribution >= 4 is 34.1 Å². The Hall–Kier alpha value is -4.73. The first-order valence-electron chi connectivity index (χ1n) is 13.1. The fraction of sp³-hybridized carbons (Fsp3) is 0.300. The topological polar surface area (TPSA) is 107 Å². The molecule has 1 fully saturated rings. The molecule has 0 atom stereocenters. The zero-order valence-electron chi connectivity index (χ0n) is 23.1. The van der Waals surface area contributed by atoms with Crippen LogP contribution < -0.4 is 29.6 Å². The second-order valence-corrected chi connectivity index (χ2v) is 9.49. The Morgan fingerprint density at radius 2 is 1.60 bits per heavy atom. The third kappa shape index (κ3) is 5.80. The van der Waals surface area contributed by atoms with E-state index in [1.54, 1.807) is 21.3 Å². The van der Waals surface area contributed by atoms with Crippen LogP contribution in [0.15, 0.2) is 60.9 Å². The van der Waals surface area contributed by atoms with Crippen molar-refractivity contribution in [2.45, 2.75) is 25.9 Å². The van der Waals surface area contributed by atoms with Crippen molar-refractivity contribution in [2.75, 3.05) is 45.1 Å². The summed E-state index contributed by atoms with van der Waals surface area (Å²) in [4.78, 5) is 23.4. The first-order valence-corrected chi connectivity index (χ1v) is 13.1. The molecule has 0 spiro atoms. The minimum Gasteiger partial charge on any atom is -0.495 e. The minimum atomic E-state index is -0.136. The summed E-state index contributed by atoms with van der Waals surface area (Å²) in [6.07, 6.45) is 3.04. The number of hydrogen-bond acceptors (Lipinski definition) is 8. The fourth-order valence-electron chi connectivity index (χ4n) is 4.78. The molecule has 1 saturated heterocycles. The van der Waals surface area contributed by atoms with E-state index in [9.17, 15) is 4.79 Å². The van der Waals surface area contributed by atoms with Crippen LogP contribution in [0.1, 0.15) is 18.4 Å². The molecule has 0 unspecified atom stereocenters. The van der Waals surface area contributed by atoms with Gasteiger partial charge in [-0.1, -0.05) is 12.1 Å². The smallest absolute Gasteiger partial charge is 0.321 e. The van der Waals surface area contributed by atoms with Crippen molar-refractivity contribution in [3.8, 4) is 23.0 Å². The average Bonchev–Trinajstić information content (AvgIpc) is 2.98. The van der Waals surface area contributed by atoms with Gasteiger partial charge in [0.05, 0.1) is 32.5 Å². The molecule has 2 heterocycles. The summed E-state index contributed by atoms with van der Waals surface area (Å²) in [5, 5.41) is 7.16. The van der Waals surface area contributed by atoms with E-state index in [1.807, 2.05) is 66.4 Å². The Morgan fingerprint density at radius 1 is 0.875 bits per heavy atom. The number of ether oxygens (including phenoxy) is 4. The predicted molar refractivity (Wildman–Crippen MR) is 154 cm³/mol. The first kappa shape index (κ1) is 26.9. The summed E-state index contributed by atoms with van der Waals surface area (Å²) in [6.45, 7) is 3.24. The number of hydrogen-bond donors (Lipinski definition) is 2. The molecule has 0 bridgehead atoms. The number of aryl methyl sites for hydroxylation is 1. The average molecular weight is 544 g/mol. The lowest BCUT2D eigenvalue weighted by molar-refractivity contribution is 0.115. The van der Waals surface area contributed by atoms with Crippen molar-refractivity contribution in [3.63, 3.8) is 0 Å². The number of carbonyl (C=O) groups excluding carboxylic acids is 1. The number of fused-ring (bicyclic) bond motifs is 1. The van der Waals surface area contributed by atoms with Crippen LogP contribution in [0.25, 0.3) is 10.9 Å². The number of aromatic nitrogens is 2. The number of methoxy groups -OCH3 is 3. The summed E-state index contributed by atoms with van der Waals surface area (Å²) in [5.74, 6) is 3.34. The van der Waals surface area contributed by atoms with Gasteiger partial charge < -0.3 is 34.5 Å². The third-order valence-electron chi connectivity index (χ3n) is 6.95. The number of urea groups is 1. The van der Waals surface area contributed by atoms with Crippen LogP contribution >= 0.6 is 0 Å². The number of piperidine rings is 1. The molecule has 4 aromatic rings. The van der Waals surface area contributed by atoms with Crippen LogP contribution in [0.4, 0.5) is 22.0 Å². The van der Waals surface area contributed by atoms with Gasteiger partial charge in [-0.2, -0.15) is 0 Å². The maximum Gasteiger partial charge on any atom is 0.321 e. The van der Waals surface area contributed by atoms with E-state index in [4.69, 9.17) is 18.9 Å². The van der Waals surface area contributed by atoms with Gasteiger partial charge >= 0.3 is 6.03 Å². The van der Waals surface area contributed by atoms with Crippen molar-refractivity contribution in [1.29, 1.82) is 0 Å². The van der Waals surface area contributed by atoms with Crippen molar-refractivity contribution in [3.05, 3.63) is 66.5 Å². The van der Waals surface area contributed by atoms with E-state index >= 15 is 0 Å². The minimum absolute atomic E-state index is 0.0288. The molecule has 5 rings (SSSR count). The molecular formula is C30H33N5O5. The summed E-state index contributed by atoms with van der Waals surface area (Å²) >= 11 is 0. The van der Waals surface area contributed by atoms with E-state index in [1.165, 1.54) is 6.33 Å². The lowest BCUT2D eigenvalue weighted by atomic mass is 10.1. The van der Waals surface area contributed by atoms with E-state index < -0.39 is 0 Å². The molecule has 0 saturated carbocycles. The Balaban J connectivity index is 1.20. The molecule has 1 aromatic heterocycles. The Kier molecular flexibility index (Phi) is 8.04. The van der Waals surface area contributed by atoms with Crippen molar-refractivity contribution in [2.24, 2.45) is 0 Å². The van der Waals surface area contributed by atoms with Gasteiger partial charge in [-0.05, 0) is 48.9 Å². The van der Waals surface area contributed by atoms with Crippen molar-refractivity contribution in [1.82, 2.24) is 14.9 Å². The second-order valence-electron chi connectivity index (χ2n) is 9.49. The van der Waals surface area contributed by atoms with Crippen molar-refractivity contribution < 1.29 is 23.7 Å². The normalized spacial score (nSPS) is 13.6. The molecule has 0 radical (unpaired) electrons. The SMILES string of the molecule is COc1ccccc1NC(=O)N1CCC(Oc2ccc(Nc3ncnc4cc(OC)c(OC)cc34)cc2C)CC1. The second kappa shape index (κ2) is 12.0. The number of anilines is 3. The van der Waals surface area contributed by atoms with E-state index in [0.717, 1.165) is 40.7 Å². The Bertz CT molecular complexity index is 1500. The quantitative estimate of drug-likeness (QED) is 0.288. The lowest BCUT2D eigenvalue weighted by Crippen LogP contribution is -2.43. The highest BCUT2D eigenvalue weighted by Gasteiger charge is 2.25. The summed E-state index contributed by atoms with van der Waals surface area (Å²) in [5.41, 5.74) is 3.28. The van der Waals surface area contributed by atoms with Gasteiger partial charge in [0.15, 0.2) is 11.5 Å². The summed E-state index contributed by atoms with van der Waals surface area (Å²) in [7, 11) is 4.79. The number of rotatable bonds is 8. The third-order valence-corrected chi connectivity index (χ3v) is 6.95. The molecule has 1 aliphatic heterocycles. The number of carbonyl (C=O) groups is 1. The summed E-state index contributed by atoms with van der Waals surface area (Å²) in [6, 6.07) is 16.9. The summed E-state index contributed by atoms with van der Waals surface area (Å²) < 4.78 is 22.5. The molecule has 208 valence electrons. The van der Waals surface area contributed by atoms with Crippen LogP contribution in [0.5, 0.6) is 23.0 Å². The van der Waals surface area contributed by atoms with Crippen LogP contribution in [-0.4, -0.2) is 61.4 Å². The number of benzene rings is 3. The molecule has 2 amide bonds. The largest absolute Gasteiger partial charge is 0.495 e. The number of likely N-dealkylation sites (tertiary alicyclic amines) is 1. The first-order chi connectivity index (χ1) is 19.5. The molecule has 1 aliphatic rings. The zero-order valence-corrected chi connectivity index (χ0v) is 23.1. The molecule has 0 aliphatic carbocycles. The van der Waals surface area contributed by atoms with Gasteiger partial charge in [0.1, 0.15) is 29.7 Å². The number of nitrogens with one attached hydrogen (secondary N) is 2. The predicted octanol–water partition coefficient (Wildman–Crippen LogP) is 5.78. The lowest BCUT2D eigenvalue weighted by Gasteiger charge is -2.32. The molecule has 40 heavy (non-hydrogen) atoms. The molecular weight excluding hydrogens is 510 g/mol. The van der Waals surface area contributed by atoms with Gasteiger partial charge in [-0.25, -0.2) is 14.8 Å². The number of amides is 2. The molecule has 10 nitrogen and oxygen atoms in total. The highest BCUT2D eigenvalue weighted by Crippen LogP contribution is 2.35. The van der Waals surface area contributed by atoms with E-state index in [0.29, 0.717) is 41.8 Å². The number of nitrogens with zero attached hydrogens (tertiary/aromatic N) is 3. The number of para-hydroxylation sites is 2. The van der Waals surface area contributed by atoms with Crippen LogP contribution in [0.3, 0.4) is 0 Å². The van der Waals surface area contributed by atoms with E-state index in [2.05, 4.69) is 20.6 Å². The Labute approximate surface area is 233 Å². The van der Waals surface area contributed by atoms with Gasteiger partial charge in [-0.15, -0.1) is 0 Å². The van der Waals surface area contributed by atoms with Crippen LogP contribution in [0.2, 0.25) is 0 Å². The maximum atomic E-state index is 12.8.